The first kappa shape index (κ1) is 14.2. The first-order valence-electron chi connectivity index (χ1n) is 5.63. The smallest absolute Gasteiger partial charge is 0.316 e. The Morgan fingerprint density at radius 1 is 1.56 bits per heavy atom. The molecule has 0 spiro atoms. The van der Waals surface area contributed by atoms with Gasteiger partial charge in [-0.05, 0) is 19.1 Å². The monoisotopic (exact) mass is 254 g/mol. The predicted octanol–water partition coefficient (Wildman–Crippen LogP) is 1.35. The number of hydrogen-bond acceptors (Lipinski definition) is 6. The van der Waals surface area contributed by atoms with Gasteiger partial charge < -0.3 is 15.1 Å². The highest BCUT2D eigenvalue weighted by molar-refractivity contribution is 5.76. The summed E-state index contributed by atoms with van der Waals surface area (Å²) in [5, 5.41) is 11.1. The van der Waals surface area contributed by atoms with Crippen LogP contribution in [0, 0.1) is 10.1 Å². The summed E-state index contributed by atoms with van der Waals surface area (Å²) in [4.78, 5) is 12.6. The molecule has 0 radical (unpaired) electrons. The van der Waals surface area contributed by atoms with Gasteiger partial charge in [0.15, 0.2) is 0 Å². The van der Waals surface area contributed by atoms with Crippen LogP contribution in [-0.2, 0) is 4.74 Å². The fourth-order valence-electron chi connectivity index (χ4n) is 1.75. The molecule has 0 bridgehead atoms. The molecule has 1 aromatic carbocycles. The molecular formula is C11H18N4O3. The van der Waals surface area contributed by atoms with Gasteiger partial charge in [0.05, 0.1) is 11.5 Å². The second-order valence-corrected chi connectivity index (χ2v) is 3.65. The van der Waals surface area contributed by atoms with Gasteiger partial charge in [-0.25, -0.2) is 0 Å². The van der Waals surface area contributed by atoms with Crippen molar-refractivity contribution in [1.29, 1.82) is 0 Å². The van der Waals surface area contributed by atoms with Crippen LogP contribution in [0.3, 0.4) is 0 Å². The molecule has 1 rings (SSSR count). The van der Waals surface area contributed by atoms with E-state index in [4.69, 9.17) is 10.6 Å². The van der Waals surface area contributed by atoms with Crippen molar-refractivity contribution in [2.24, 2.45) is 5.84 Å². The van der Waals surface area contributed by atoms with Gasteiger partial charge in [0.1, 0.15) is 11.4 Å². The highest BCUT2D eigenvalue weighted by Crippen LogP contribution is 2.34. The number of nitrogens with one attached hydrogen (secondary N) is 1. The summed E-state index contributed by atoms with van der Waals surface area (Å²) in [6.07, 6.45) is 0. The molecule has 0 atom stereocenters. The minimum absolute atomic E-state index is 0.0158. The molecule has 0 aliphatic heterocycles. The van der Waals surface area contributed by atoms with Crippen LogP contribution in [0.25, 0.3) is 0 Å². The maximum Gasteiger partial charge on any atom is 0.316 e. The van der Waals surface area contributed by atoms with E-state index in [9.17, 15) is 10.1 Å². The van der Waals surface area contributed by atoms with Crippen molar-refractivity contribution in [3.63, 3.8) is 0 Å². The number of anilines is 2. The fraction of sp³-hybridized carbons (Fsp3) is 0.455. The van der Waals surface area contributed by atoms with Gasteiger partial charge in [0.2, 0.25) is 0 Å². The zero-order valence-corrected chi connectivity index (χ0v) is 10.5. The van der Waals surface area contributed by atoms with Crippen LogP contribution in [0.4, 0.5) is 17.1 Å². The number of nitrogens with two attached hydrogens (primary N) is 1. The van der Waals surface area contributed by atoms with Gasteiger partial charge in [-0.15, -0.1) is 0 Å². The largest absolute Gasteiger partial charge is 0.383 e. The highest BCUT2D eigenvalue weighted by atomic mass is 16.6. The Kier molecular flexibility index (Phi) is 5.34. The lowest BCUT2D eigenvalue weighted by Crippen LogP contribution is -2.27. The number of ether oxygens (including phenoxy) is 1. The van der Waals surface area contributed by atoms with Crippen LogP contribution < -0.4 is 16.2 Å². The van der Waals surface area contributed by atoms with E-state index >= 15 is 0 Å². The van der Waals surface area contributed by atoms with E-state index in [0.29, 0.717) is 31.1 Å². The quantitative estimate of drug-likeness (QED) is 0.433. The molecular weight excluding hydrogens is 236 g/mol. The summed E-state index contributed by atoms with van der Waals surface area (Å²) >= 11 is 0. The minimum Gasteiger partial charge on any atom is -0.383 e. The van der Waals surface area contributed by atoms with Crippen LogP contribution >= 0.6 is 0 Å². The number of para-hydroxylation sites is 1. The van der Waals surface area contributed by atoms with E-state index < -0.39 is 4.92 Å². The molecule has 7 nitrogen and oxygen atoms in total. The second-order valence-electron chi connectivity index (χ2n) is 3.65. The summed E-state index contributed by atoms with van der Waals surface area (Å²) in [5.41, 5.74) is 3.17. The van der Waals surface area contributed by atoms with Crippen molar-refractivity contribution < 1.29 is 9.66 Å². The highest BCUT2D eigenvalue weighted by Gasteiger charge is 2.22. The summed E-state index contributed by atoms with van der Waals surface area (Å²) in [7, 11) is 1.60. The average Bonchev–Trinajstić information content (AvgIpc) is 2.38. The summed E-state index contributed by atoms with van der Waals surface area (Å²) in [6, 6.07) is 5.01. The number of nitrogens with zero attached hydrogens (tertiary/aromatic N) is 2. The Morgan fingerprint density at radius 2 is 2.28 bits per heavy atom. The third-order valence-electron chi connectivity index (χ3n) is 2.64. The molecule has 100 valence electrons. The molecule has 0 amide bonds. The lowest BCUT2D eigenvalue weighted by Gasteiger charge is -2.23. The molecule has 0 saturated carbocycles. The normalized spacial score (nSPS) is 10.2. The van der Waals surface area contributed by atoms with E-state index in [1.165, 1.54) is 0 Å². The van der Waals surface area contributed by atoms with Crippen molar-refractivity contribution >= 4 is 17.1 Å². The number of benzene rings is 1. The third-order valence-corrected chi connectivity index (χ3v) is 2.64. The van der Waals surface area contributed by atoms with E-state index in [1.807, 2.05) is 11.8 Å². The van der Waals surface area contributed by atoms with Gasteiger partial charge in [0, 0.05) is 20.2 Å². The minimum atomic E-state index is -0.431. The van der Waals surface area contributed by atoms with E-state index in [2.05, 4.69) is 5.43 Å². The van der Waals surface area contributed by atoms with Crippen LogP contribution in [0.2, 0.25) is 0 Å². The Hall–Kier alpha value is -1.86. The summed E-state index contributed by atoms with van der Waals surface area (Å²) in [6.45, 7) is 3.67. The Balaban J connectivity index is 3.16. The van der Waals surface area contributed by atoms with Crippen molar-refractivity contribution in [3.05, 3.63) is 28.3 Å². The maximum absolute atomic E-state index is 11.1. The molecule has 3 N–H and O–H groups in total. The summed E-state index contributed by atoms with van der Waals surface area (Å²) < 4.78 is 5.00. The number of nitro groups is 1. The van der Waals surface area contributed by atoms with E-state index in [-0.39, 0.29) is 5.69 Å². The number of hydrazine groups is 1. The maximum atomic E-state index is 11.1. The molecule has 18 heavy (non-hydrogen) atoms. The van der Waals surface area contributed by atoms with Crippen molar-refractivity contribution in [2.75, 3.05) is 37.1 Å². The fourth-order valence-corrected chi connectivity index (χ4v) is 1.75. The molecule has 0 aromatic heterocycles. The third kappa shape index (κ3) is 3.08. The van der Waals surface area contributed by atoms with Crippen molar-refractivity contribution in [3.8, 4) is 0 Å². The zero-order chi connectivity index (χ0) is 13.5. The number of nitro benzene ring substituents is 1. The lowest BCUT2D eigenvalue weighted by atomic mass is 10.2. The lowest BCUT2D eigenvalue weighted by molar-refractivity contribution is -0.383. The Bertz CT molecular complexity index is 411. The number of rotatable bonds is 7. The molecule has 0 fully saturated rings. The topological polar surface area (TPSA) is 93.7 Å². The molecule has 0 saturated heterocycles. The van der Waals surface area contributed by atoms with Crippen molar-refractivity contribution in [2.45, 2.75) is 6.92 Å². The predicted molar refractivity (Wildman–Crippen MR) is 70.7 cm³/mol. The second kappa shape index (κ2) is 6.77. The summed E-state index contributed by atoms with van der Waals surface area (Å²) in [5.74, 6) is 5.30. The number of likely N-dealkylation sites (N-methyl/N-ethyl adjacent to an activating group) is 1. The average molecular weight is 254 g/mol. The van der Waals surface area contributed by atoms with Crippen molar-refractivity contribution in [1.82, 2.24) is 0 Å². The molecule has 7 heteroatoms. The Morgan fingerprint density at radius 3 is 2.78 bits per heavy atom. The molecule has 0 unspecified atom stereocenters. The molecule has 0 heterocycles. The Labute approximate surface area is 106 Å². The van der Waals surface area contributed by atoms with Gasteiger partial charge in [-0.3, -0.25) is 16.0 Å². The van der Waals surface area contributed by atoms with E-state index in [1.54, 1.807) is 25.3 Å². The van der Waals surface area contributed by atoms with Crippen LogP contribution in [0.1, 0.15) is 6.92 Å². The number of methoxy groups -OCH3 is 1. The van der Waals surface area contributed by atoms with Gasteiger partial charge in [0.25, 0.3) is 0 Å². The van der Waals surface area contributed by atoms with Crippen LogP contribution in [0.5, 0.6) is 0 Å². The number of nitrogen functional groups attached to an aromatic ring is 1. The SMILES string of the molecule is CCN(CCOC)c1cccc(NN)c1[N+](=O)[O-]. The van der Waals surface area contributed by atoms with E-state index in [0.717, 1.165) is 0 Å². The molecule has 1 aromatic rings. The first-order valence-corrected chi connectivity index (χ1v) is 5.63. The van der Waals surface area contributed by atoms with Gasteiger partial charge >= 0.3 is 5.69 Å². The zero-order valence-electron chi connectivity index (χ0n) is 10.5. The van der Waals surface area contributed by atoms with Crippen LogP contribution in [0.15, 0.2) is 18.2 Å². The molecule has 0 aliphatic rings. The number of hydrogen-bond donors (Lipinski definition) is 2. The first-order chi connectivity index (χ1) is 8.65. The van der Waals surface area contributed by atoms with Crippen LogP contribution in [-0.4, -0.2) is 31.7 Å². The van der Waals surface area contributed by atoms with Gasteiger partial charge in [-0.1, -0.05) is 6.07 Å². The molecule has 0 aliphatic carbocycles. The standard InChI is InChI=1S/C11H18N4O3/c1-3-14(7-8-18-2)10-6-4-5-9(13-12)11(10)15(16)17/h4-6,13H,3,7-8,12H2,1-2H3. The van der Waals surface area contributed by atoms with Gasteiger partial charge in [-0.2, -0.15) is 0 Å².